The molecule has 0 fully saturated rings. The average Bonchev–Trinajstić information content (AvgIpc) is 2.53. The first kappa shape index (κ1) is 11.0. The van der Waals surface area contributed by atoms with Crippen LogP contribution in [0.1, 0.15) is 5.56 Å². The van der Waals surface area contributed by atoms with Crippen LogP contribution in [0.2, 0.25) is 0 Å². The largest absolute Gasteiger partial charge is 0.496 e. The molecule has 0 unspecified atom stereocenters. The molecular formula is C9H7F3N2OS. The number of alkyl halides is 3. The third kappa shape index (κ3) is 1.78. The number of ether oxygens (including phenoxy) is 1. The summed E-state index contributed by atoms with van der Waals surface area (Å²) in [7, 11) is 1.19. The second kappa shape index (κ2) is 3.51. The second-order valence-corrected chi connectivity index (χ2v) is 4.13. The first-order chi connectivity index (χ1) is 7.41. The zero-order chi connectivity index (χ0) is 11.9. The Kier molecular flexibility index (Phi) is 2.42. The monoisotopic (exact) mass is 248 g/mol. The Labute approximate surface area is 92.7 Å². The van der Waals surface area contributed by atoms with E-state index in [1.54, 1.807) is 0 Å². The van der Waals surface area contributed by atoms with Crippen LogP contribution in [0.5, 0.6) is 5.75 Å². The van der Waals surface area contributed by atoms with E-state index in [1.807, 2.05) is 0 Å². The van der Waals surface area contributed by atoms with Gasteiger partial charge in [-0.3, -0.25) is 0 Å². The molecule has 0 aliphatic carbocycles. The number of anilines is 1. The highest BCUT2D eigenvalue weighted by Crippen LogP contribution is 2.40. The lowest BCUT2D eigenvalue weighted by molar-refractivity contribution is -0.138. The molecular weight excluding hydrogens is 241 g/mol. The van der Waals surface area contributed by atoms with Crippen LogP contribution < -0.4 is 10.5 Å². The van der Waals surface area contributed by atoms with Gasteiger partial charge in [0.15, 0.2) is 5.13 Å². The molecule has 0 atom stereocenters. The molecule has 3 nitrogen and oxygen atoms in total. The molecule has 0 bridgehead atoms. The van der Waals surface area contributed by atoms with Crippen molar-refractivity contribution in [2.45, 2.75) is 6.18 Å². The third-order valence-corrected chi connectivity index (χ3v) is 2.88. The van der Waals surface area contributed by atoms with Crippen molar-refractivity contribution in [2.24, 2.45) is 0 Å². The molecule has 0 saturated heterocycles. The summed E-state index contributed by atoms with van der Waals surface area (Å²) in [5.41, 5.74) is 5.02. The van der Waals surface area contributed by atoms with Crippen LogP contribution in [0.15, 0.2) is 12.1 Å². The molecule has 1 aromatic carbocycles. The smallest absolute Gasteiger partial charge is 0.420 e. The van der Waals surface area contributed by atoms with Crippen LogP contribution >= 0.6 is 11.3 Å². The molecule has 2 N–H and O–H groups in total. The van der Waals surface area contributed by atoms with Gasteiger partial charge < -0.3 is 10.5 Å². The number of rotatable bonds is 1. The minimum absolute atomic E-state index is 0.233. The number of halogens is 3. The van der Waals surface area contributed by atoms with Crippen molar-refractivity contribution >= 4 is 26.7 Å². The Bertz CT molecular complexity index is 535. The third-order valence-electron chi connectivity index (χ3n) is 2.03. The van der Waals surface area contributed by atoms with E-state index in [2.05, 4.69) is 4.98 Å². The molecule has 7 heteroatoms. The molecule has 86 valence electrons. The maximum absolute atomic E-state index is 12.6. The molecule has 2 aromatic rings. The van der Waals surface area contributed by atoms with Gasteiger partial charge in [-0.25, -0.2) is 4.98 Å². The Balaban J connectivity index is 2.72. The number of hydrogen-bond donors (Lipinski definition) is 1. The lowest BCUT2D eigenvalue weighted by atomic mass is 10.2. The minimum atomic E-state index is -4.45. The van der Waals surface area contributed by atoms with Crippen molar-refractivity contribution in [3.8, 4) is 5.75 Å². The fraction of sp³-hybridized carbons (Fsp3) is 0.222. The van der Waals surface area contributed by atoms with Crippen molar-refractivity contribution in [1.29, 1.82) is 0 Å². The van der Waals surface area contributed by atoms with E-state index in [0.29, 0.717) is 10.2 Å². The Morgan fingerprint density at radius 1 is 1.38 bits per heavy atom. The number of fused-ring (bicyclic) bond motifs is 1. The maximum atomic E-state index is 12.6. The van der Waals surface area contributed by atoms with Crippen LogP contribution in [-0.2, 0) is 6.18 Å². The number of nitrogen functional groups attached to an aromatic ring is 1. The predicted octanol–water partition coefficient (Wildman–Crippen LogP) is 2.91. The fourth-order valence-corrected chi connectivity index (χ4v) is 2.12. The molecule has 0 spiro atoms. The van der Waals surface area contributed by atoms with Crippen molar-refractivity contribution in [1.82, 2.24) is 4.98 Å². The SMILES string of the molecule is COc1cc2nc(N)sc2cc1C(F)(F)F. The van der Waals surface area contributed by atoms with E-state index in [0.717, 1.165) is 17.4 Å². The predicted molar refractivity (Wildman–Crippen MR) is 55.6 cm³/mol. The number of aromatic nitrogens is 1. The van der Waals surface area contributed by atoms with Gasteiger partial charge in [-0.2, -0.15) is 13.2 Å². The van der Waals surface area contributed by atoms with E-state index in [4.69, 9.17) is 10.5 Å². The van der Waals surface area contributed by atoms with Crippen LogP contribution in [0, 0.1) is 0 Å². The van der Waals surface area contributed by atoms with Crippen LogP contribution in [-0.4, -0.2) is 12.1 Å². The first-order valence-corrected chi connectivity index (χ1v) is 5.04. The Morgan fingerprint density at radius 2 is 2.06 bits per heavy atom. The summed E-state index contributed by atoms with van der Waals surface area (Å²) in [6.07, 6.45) is -4.45. The summed E-state index contributed by atoms with van der Waals surface area (Å²) in [6, 6.07) is 2.24. The minimum Gasteiger partial charge on any atom is -0.496 e. The van der Waals surface area contributed by atoms with Gasteiger partial charge in [0.25, 0.3) is 0 Å². The van der Waals surface area contributed by atoms with Crippen LogP contribution in [0.25, 0.3) is 10.2 Å². The fourth-order valence-electron chi connectivity index (χ4n) is 1.36. The Hall–Kier alpha value is -1.50. The lowest BCUT2D eigenvalue weighted by Crippen LogP contribution is -2.07. The highest BCUT2D eigenvalue weighted by atomic mass is 32.1. The highest BCUT2D eigenvalue weighted by Gasteiger charge is 2.35. The highest BCUT2D eigenvalue weighted by molar-refractivity contribution is 7.22. The van der Waals surface area contributed by atoms with Gasteiger partial charge in [0.2, 0.25) is 0 Å². The van der Waals surface area contributed by atoms with Gasteiger partial charge >= 0.3 is 6.18 Å². The number of nitrogens with two attached hydrogens (primary N) is 1. The molecule has 16 heavy (non-hydrogen) atoms. The van der Waals surface area contributed by atoms with Gasteiger partial charge in [-0.1, -0.05) is 11.3 Å². The molecule has 0 aliphatic heterocycles. The van der Waals surface area contributed by atoms with Crippen molar-refractivity contribution in [2.75, 3.05) is 12.8 Å². The van der Waals surface area contributed by atoms with E-state index in [-0.39, 0.29) is 10.9 Å². The van der Waals surface area contributed by atoms with Gasteiger partial charge in [-0.05, 0) is 6.07 Å². The number of methoxy groups -OCH3 is 1. The summed E-state index contributed by atoms with van der Waals surface area (Å²) < 4.78 is 43.0. The maximum Gasteiger partial charge on any atom is 0.420 e. The standard InChI is InChI=1S/C9H7F3N2OS/c1-15-6-3-5-7(16-8(13)14-5)2-4(6)9(10,11)12/h2-3H,1H3,(H2,13,14). The normalized spacial score (nSPS) is 12.0. The summed E-state index contributed by atoms with van der Waals surface area (Å²) in [4.78, 5) is 3.89. The summed E-state index contributed by atoms with van der Waals surface area (Å²) in [5.74, 6) is -0.245. The van der Waals surface area contributed by atoms with Gasteiger partial charge in [0.05, 0.1) is 22.9 Å². The molecule has 1 aromatic heterocycles. The summed E-state index contributed by atoms with van der Waals surface area (Å²) >= 11 is 1.01. The average molecular weight is 248 g/mol. The van der Waals surface area contributed by atoms with Crippen molar-refractivity contribution in [3.63, 3.8) is 0 Å². The summed E-state index contributed by atoms with van der Waals surface area (Å²) in [5, 5.41) is 0.233. The van der Waals surface area contributed by atoms with Crippen LogP contribution in [0.4, 0.5) is 18.3 Å². The molecule has 0 amide bonds. The van der Waals surface area contributed by atoms with Gasteiger partial charge in [-0.15, -0.1) is 0 Å². The van der Waals surface area contributed by atoms with Gasteiger partial charge in [0, 0.05) is 6.07 Å². The molecule has 2 rings (SSSR count). The quantitative estimate of drug-likeness (QED) is 0.844. The van der Waals surface area contributed by atoms with Crippen molar-refractivity contribution < 1.29 is 17.9 Å². The Morgan fingerprint density at radius 3 is 2.62 bits per heavy atom. The molecule has 0 radical (unpaired) electrons. The topological polar surface area (TPSA) is 48.1 Å². The van der Waals surface area contributed by atoms with E-state index < -0.39 is 11.7 Å². The summed E-state index contributed by atoms with van der Waals surface area (Å²) in [6.45, 7) is 0. The molecule has 1 heterocycles. The van der Waals surface area contributed by atoms with Gasteiger partial charge in [0.1, 0.15) is 5.75 Å². The number of nitrogens with zero attached hydrogens (tertiary/aromatic N) is 1. The molecule has 0 saturated carbocycles. The van der Waals surface area contributed by atoms with E-state index in [1.165, 1.54) is 13.2 Å². The zero-order valence-electron chi connectivity index (χ0n) is 8.13. The first-order valence-electron chi connectivity index (χ1n) is 4.23. The van der Waals surface area contributed by atoms with Crippen molar-refractivity contribution in [3.05, 3.63) is 17.7 Å². The van der Waals surface area contributed by atoms with Crippen LogP contribution in [0.3, 0.4) is 0 Å². The number of hydrogen-bond acceptors (Lipinski definition) is 4. The zero-order valence-corrected chi connectivity index (χ0v) is 8.95. The molecule has 0 aliphatic rings. The number of thiazole rings is 1. The van der Waals surface area contributed by atoms with E-state index in [9.17, 15) is 13.2 Å². The lowest BCUT2D eigenvalue weighted by Gasteiger charge is -2.11. The second-order valence-electron chi connectivity index (χ2n) is 3.07. The van der Waals surface area contributed by atoms with E-state index >= 15 is 0 Å². The number of benzene rings is 1.